The van der Waals surface area contributed by atoms with Crippen LogP contribution in [0.5, 0.6) is 0 Å². The monoisotopic (exact) mass is 534 g/mol. The molecule has 0 atom stereocenters. The number of aromatic nitrogens is 2. The molecule has 184 valence electrons. The van der Waals surface area contributed by atoms with Crippen LogP contribution in [-0.4, -0.2) is 9.55 Å². The van der Waals surface area contributed by atoms with E-state index in [0.29, 0.717) is 0 Å². The smallest absolute Gasteiger partial charge is 0.124 e. The van der Waals surface area contributed by atoms with Crippen LogP contribution in [0.3, 0.4) is 0 Å². The minimum absolute atomic E-state index is 1.03. The molecule has 9 rings (SSSR count). The van der Waals surface area contributed by atoms with Crippen molar-refractivity contribution in [3.8, 4) is 10.6 Å². The van der Waals surface area contributed by atoms with Crippen molar-refractivity contribution in [3.63, 3.8) is 0 Å². The van der Waals surface area contributed by atoms with E-state index in [1.807, 2.05) is 22.7 Å². The van der Waals surface area contributed by atoms with Crippen LogP contribution >= 0.6 is 22.7 Å². The lowest BCUT2D eigenvalue weighted by Gasteiger charge is -2.15. The molecule has 4 heteroatoms. The van der Waals surface area contributed by atoms with E-state index in [4.69, 9.17) is 4.98 Å². The highest BCUT2D eigenvalue weighted by Crippen LogP contribution is 2.44. The Morgan fingerprint density at radius 2 is 1.59 bits per heavy atom. The summed E-state index contributed by atoms with van der Waals surface area (Å²) in [5, 5.41) is 8.93. The maximum Gasteiger partial charge on any atom is 0.124 e. The number of hydrogen-bond donors (Lipinski definition) is 0. The van der Waals surface area contributed by atoms with Gasteiger partial charge in [0.05, 0.1) is 21.3 Å². The minimum atomic E-state index is 1.03. The van der Waals surface area contributed by atoms with E-state index in [-0.39, 0.29) is 0 Å². The summed E-state index contributed by atoms with van der Waals surface area (Å²) in [5.74, 6) is 0. The molecule has 0 bridgehead atoms. The molecule has 39 heavy (non-hydrogen) atoms. The summed E-state index contributed by atoms with van der Waals surface area (Å²) >= 11 is 3.69. The van der Waals surface area contributed by atoms with Gasteiger partial charge in [-0.15, -0.1) is 22.7 Å². The van der Waals surface area contributed by atoms with Crippen LogP contribution < -0.4 is 0 Å². The number of thiophene rings is 1. The second-order valence-corrected chi connectivity index (χ2v) is 12.4. The molecular weight excluding hydrogens is 513 g/mol. The number of fused-ring (bicyclic) bond motifs is 10. The average Bonchev–Trinajstić information content (AvgIpc) is 3.68. The second kappa shape index (κ2) is 8.12. The molecule has 0 spiro atoms. The molecule has 8 aromatic rings. The van der Waals surface area contributed by atoms with Gasteiger partial charge in [-0.05, 0) is 48.6 Å². The van der Waals surface area contributed by atoms with Gasteiger partial charge in [0.1, 0.15) is 5.01 Å². The van der Waals surface area contributed by atoms with Gasteiger partial charge in [0.2, 0.25) is 0 Å². The zero-order chi connectivity index (χ0) is 25.5. The van der Waals surface area contributed by atoms with Crippen molar-refractivity contribution in [2.45, 2.75) is 12.8 Å². The Kier molecular flexibility index (Phi) is 4.51. The van der Waals surface area contributed by atoms with E-state index in [0.717, 1.165) is 23.4 Å². The number of nitrogens with zero attached hydrogens (tertiary/aromatic N) is 2. The molecule has 1 aliphatic carbocycles. The molecule has 0 unspecified atom stereocenters. The van der Waals surface area contributed by atoms with Gasteiger partial charge in [0.15, 0.2) is 0 Å². The lowest BCUT2D eigenvalue weighted by Crippen LogP contribution is -1.99. The molecule has 0 radical (unpaired) electrons. The maximum absolute atomic E-state index is 5.16. The van der Waals surface area contributed by atoms with Gasteiger partial charge in [-0.3, -0.25) is 0 Å². The van der Waals surface area contributed by atoms with E-state index in [1.54, 1.807) is 0 Å². The molecule has 3 aromatic heterocycles. The summed E-state index contributed by atoms with van der Waals surface area (Å²) in [7, 11) is 0. The summed E-state index contributed by atoms with van der Waals surface area (Å²) in [6, 6.07) is 33.4. The lowest BCUT2D eigenvalue weighted by molar-refractivity contribution is 0.980. The standard InChI is InChI=1S/C35H22N2S2/c1-2-9-23(10-3-1)37-29-20-22(15-16-25(29)26-17-14-21-8-4-5-11-24(21)33(26)37)35-36-28-18-19-31-32(34(28)39-35)27-12-6-7-13-30(27)38-31/h1-2,4-9,11-20H,3,10H2. The fourth-order valence-electron chi connectivity index (χ4n) is 6.30. The number of hydrogen-bond acceptors (Lipinski definition) is 3. The van der Waals surface area contributed by atoms with Crippen molar-refractivity contribution in [3.05, 3.63) is 109 Å². The Morgan fingerprint density at radius 1 is 0.718 bits per heavy atom. The molecule has 1 aliphatic rings. The van der Waals surface area contributed by atoms with Crippen molar-refractivity contribution in [1.82, 2.24) is 9.55 Å². The van der Waals surface area contributed by atoms with Crippen LogP contribution in [-0.2, 0) is 0 Å². The highest BCUT2D eigenvalue weighted by molar-refractivity contribution is 7.28. The van der Waals surface area contributed by atoms with Crippen LogP contribution in [0.15, 0.2) is 109 Å². The van der Waals surface area contributed by atoms with Crippen LogP contribution in [0.1, 0.15) is 12.8 Å². The van der Waals surface area contributed by atoms with E-state index < -0.39 is 0 Å². The van der Waals surface area contributed by atoms with Crippen LogP contribution in [0, 0.1) is 0 Å². The van der Waals surface area contributed by atoms with Crippen molar-refractivity contribution in [2.24, 2.45) is 0 Å². The fourth-order valence-corrected chi connectivity index (χ4v) is 8.60. The van der Waals surface area contributed by atoms with Crippen LogP contribution in [0.25, 0.3) is 79.2 Å². The molecule has 3 heterocycles. The number of thiazole rings is 1. The third kappa shape index (κ3) is 3.10. The van der Waals surface area contributed by atoms with Crippen molar-refractivity contribution >= 4 is 91.3 Å². The minimum Gasteiger partial charge on any atom is -0.312 e. The average molecular weight is 535 g/mol. The van der Waals surface area contributed by atoms with Crippen LogP contribution in [0.2, 0.25) is 0 Å². The Morgan fingerprint density at radius 3 is 2.51 bits per heavy atom. The summed E-state index contributed by atoms with van der Waals surface area (Å²) in [4.78, 5) is 5.16. The van der Waals surface area contributed by atoms with Crippen LogP contribution in [0.4, 0.5) is 0 Å². The highest BCUT2D eigenvalue weighted by Gasteiger charge is 2.19. The lowest BCUT2D eigenvalue weighted by atomic mass is 10.1. The van der Waals surface area contributed by atoms with E-state index in [2.05, 4.69) is 114 Å². The SMILES string of the molecule is C1=CCCC(n2c3cc(-c4nc5ccc6sc7ccccc7c6c5s4)ccc3c3ccc4ccccc4c32)=C1. The highest BCUT2D eigenvalue weighted by atomic mass is 32.1. The first-order valence-corrected chi connectivity index (χ1v) is 15.0. The van der Waals surface area contributed by atoms with Gasteiger partial charge < -0.3 is 4.57 Å². The Hall–Kier alpha value is -4.25. The topological polar surface area (TPSA) is 17.8 Å². The first-order valence-electron chi connectivity index (χ1n) is 13.4. The van der Waals surface area contributed by atoms with Gasteiger partial charge >= 0.3 is 0 Å². The van der Waals surface area contributed by atoms with Gasteiger partial charge in [-0.1, -0.05) is 78.9 Å². The third-order valence-corrected chi connectivity index (χ3v) is 10.3. The third-order valence-electron chi connectivity index (χ3n) is 8.07. The van der Waals surface area contributed by atoms with E-state index in [1.165, 1.54) is 68.7 Å². The Labute approximate surface area is 232 Å². The number of allylic oxidation sites excluding steroid dienone is 4. The molecule has 0 fully saturated rings. The summed E-state index contributed by atoms with van der Waals surface area (Å²) in [6.07, 6.45) is 8.85. The van der Waals surface area contributed by atoms with Crippen molar-refractivity contribution in [1.29, 1.82) is 0 Å². The second-order valence-electron chi connectivity index (χ2n) is 10.3. The fraction of sp³-hybridized carbons (Fsp3) is 0.0571. The molecule has 0 N–H and O–H groups in total. The van der Waals surface area contributed by atoms with E-state index >= 15 is 0 Å². The first kappa shape index (κ1) is 21.7. The maximum atomic E-state index is 5.16. The molecular formula is C35H22N2S2. The van der Waals surface area contributed by atoms with Crippen molar-refractivity contribution in [2.75, 3.05) is 0 Å². The predicted octanol–water partition coefficient (Wildman–Crippen LogP) is 10.8. The molecule has 0 saturated carbocycles. The van der Waals surface area contributed by atoms with Gasteiger partial charge in [0, 0.05) is 47.6 Å². The molecule has 0 amide bonds. The zero-order valence-electron chi connectivity index (χ0n) is 21.0. The van der Waals surface area contributed by atoms with Gasteiger partial charge in [-0.25, -0.2) is 4.98 Å². The molecule has 0 aliphatic heterocycles. The molecule has 5 aromatic carbocycles. The molecule has 0 saturated heterocycles. The first-order chi connectivity index (χ1) is 19.3. The zero-order valence-corrected chi connectivity index (χ0v) is 22.7. The number of benzene rings is 5. The Bertz CT molecular complexity index is 2340. The largest absolute Gasteiger partial charge is 0.312 e. The summed E-state index contributed by atoms with van der Waals surface area (Å²) in [5.41, 5.74) is 6.17. The van der Waals surface area contributed by atoms with Gasteiger partial charge in [0.25, 0.3) is 0 Å². The quantitative estimate of drug-likeness (QED) is 0.216. The van der Waals surface area contributed by atoms with E-state index in [9.17, 15) is 0 Å². The predicted molar refractivity (Wildman–Crippen MR) is 171 cm³/mol. The van der Waals surface area contributed by atoms with Crippen molar-refractivity contribution < 1.29 is 0 Å². The normalized spacial score (nSPS) is 14.0. The van der Waals surface area contributed by atoms with Gasteiger partial charge in [-0.2, -0.15) is 0 Å². The summed E-state index contributed by atoms with van der Waals surface area (Å²) < 4.78 is 6.46. The molecule has 2 nitrogen and oxygen atoms in total. The Balaban J connectivity index is 1.34. The number of rotatable bonds is 2. The summed E-state index contributed by atoms with van der Waals surface area (Å²) in [6.45, 7) is 0.